The molecule has 1 aromatic heterocycles. The number of unbranched alkanes of at least 4 members (excludes halogenated alkanes) is 1. The largest absolute Gasteiger partial charge is 0.357 e. The number of aromatic nitrogens is 3. The molecule has 0 saturated carbocycles. The Bertz CT molecular complexity index is 679. The first-order valence-corrected chi connectivity index (χ1v) is 9.99. The standard InChI is InChI=1S/C21H34N6.HI/c1-5-18-9-11-19(12-10-18)21(3,4)15-24-20(22-6-2)23-13-7-8-14-27-16-25-26-17-27;/h9-12,16-17H,5-8,13-15H2,1-4H3,(H2,22,23,24);1H. The fraction of sp³-hybridized carbons (Fsp3) is 0.571. The molecule has 0 unspecified atom stereocenters. The van der Waals surface area contributed by atoms with E-state index in [1.165, 1.54) is 11.1 Å². The fourth-order valence-corrected chi connectivity index (χ4v) is 2.87. The first-order valence-electron chi connectivity index (χ1n) is 9.99. The maximum atomic E-state index is 4.82. The van der Waals surface area contributed by atoms with E-state index in [1.54, 1.807) is 12.7 Å². The molecule has 7 heteroatoms. The van der Waals surface area contributed by atoms with E-state index in [9.17, 15) is 0 Å². The first kappa shape index (κ1) is 24.4. The SMILES string of the molecule is CCNC(=NCC(C)(C)c1ccc(CC)cc1)NCCCCn1cnnc1.I. The quantitative estimate of drug-likeness (QED) is 0.227. The molecule has 0 aliphatic carbocycles. The average Bonchev–Trinajstić information content (AvgIpc) is 3.19. The molecule has 1 aromatic carbocycles. The van der Waals surface area contributed by atoms with Gasteiger partial charge in [0.25, 0.3) is 0 Å². The fourth-order valence-electron chi connectivity index (χ4n) is 2.87. The summed E-state index contributed by atoms with van der Waals surface area (Å²) in [4.78, 5) is 4.82. The van der Waals surface area contributed by atoms with Crippen LogP contribution in [0.5, 0.6) is 0 Å². The monoisotopic (exact) mass is 498 g/mol. The molecule has 0 saturated heterocycles. The maximum Gasteiger partial charge on any atom is 0.191 e. The number of rotatable bonds is 10. The first-order chi connectivity index (χ1) is 13.0. The Labute approximate surface area is 186 Å². The number of nitrogens with one attached hydrogen (secondary N) is 2. The van der Waals surface area contributed by atoms with Gasteiger partial charge in [0.1, 0.15) is 12.7 Å². The van der Waals surface area contributed by atoms with Crippen LogP contribution in [0.3, 0.4) is 0 Å². The Hall–Kier alpha value is -1.64. The van der Waals surface area contributed by atoms with Gasteiger partial charge in [-0.25, -0.2) is 0 Å². The lowest BCUT2D eigenvalue weighted by atomic mass is 9.84. The molecule has 1 heterocycles. The van der Waals surface area contributed by atoms with Gasteiger partial charge in [-0.05, 0) is 37.3 Å². The topological polar surface area (TPSA) is 67.1 Å². The van der Waals surface area contributed by atoms with Crippen molar-refractivity contribution >= 4 is 29.9 Å². The van der Waals surface area contributed by atoms with Gasteiger partial charge in [-0.2, -0.15) is 0 Å². The predicted octanol–water partition coefficient (Wildman–Crippen LogP) is 3.77. The second-order valence-electron chi connectivity index (χ2n) is 7.46. The van der Waals surface area contributed by atoms with Gasteiger partial charge in [0.05, 0.1) is 6.54 Å². The average molecular weight is 498 g/mol. The molecule has 2 rings (SSSR count). The molecule has 0 atom stereocenters. The van der Waals surface area contributed by atoms with E-state index < -0.39 is 0 Å². The lowest BCUT2D eigenvalue weighted by Gasteiger charge is -2.24. The van der Waals surface area contributed by atoms with Crippen LogP contribution in [0, 0.1) is 0 Å². The van der Waals surface area contributed by atoms with Crippen LogP contribution in [0.2, 0.25) is 0 Å². The van der Waals surface area contributed by atoms with Gasteiger partial charge in [0, 0.05) is 25.0 Å². The zero-order valence-corrected chi connectivity index (χ0v) is 19.9. The third kappa shape index (κ3) is 8.16. The van der Waals surface area contributed by atoms with Gasteiger partial charge in [0.2, 0.25) is 0 Å². The Morgan fingerprint density at radius 1 is 1.04 bits per heavy atom. The minimum atomic E-state index is 0. The lowest BCUT2D eigenvalue weighted by molar-refractivity contribution is 0.536. The van der Waals surface area contributed by atoms with Gasteiger partial charge in [-0.3, -0.25) is 4.99 Å². The van der Waals surface area contributed by atoms with E-state index in [4.69, 9.17) is 4.99 Å². The number of benzene rings is 1. The molecule has 0 aliphatic rings. The minimum absolute atomic E-state index is 0. The van der Waals surface area contributed by atoms with Crippen molar-refractivity contribution in [3.05, 3.63) is 48.0 Å². The molecular formula is C21H35IN6. The van der Waals surface area contributed by atoms with Crippen LogP contribution in [0.1, 0.15) is 51.7 Å². The van der Waals surface area contributed by atoms with Crippen molar-refractivity contribution in [2.45, 2.75) is 58.9 Å². The highest BCUT2D eigenvalue weighted by atomic mass is 127. The number of hydrogen-bond acceptors (Lipinski definition) is 3. The summed E-state index contributed by atoms with van der Waals surface area (Å²) in [5.41, 5.74) is 2.70. The Kier molecular flexibility index (Phi) is 11.1. The highest BCUT2D eigenvalue weighted by molar-refractivity contribution is 14.0. The highest BCUT2D eigenvalue weighted by Gasteiger charge is 2.20. The van der Waals surface area contributed by atoms with Crippen molar-refractivity contribution in [2.75, 3.05) is 19.6 Å². The van der Waals surface area contributed by atoms with Crippen LogP contribution in [-0.4, -0.2) is 40.4 Å². The van der Waals surface area contributed by atoms with Crippen LogP contribution in [0.4, 0.5) is 0 Å². The summed E-state index contributed by atoms with van der Waals surface area (Å²) in [5.74, 6) is 0.889. The number of guanidine groups is 1. The van der Waals surface area contributed by atoms with E-state index in [1.807, 2.05) is 4.57 Å². The Morgan fingerprint density at radius 2 is 1.71 bits per heavy atom. The maximum absolute atomic E-state index is 4.82. The normalized spacial score (nSPS) is 11.8. The van der Waals surface area contributed by atoms with Crippen molar-refractivity contribution in [3.8, 4) is 0 Å². The summed E-state index contributed by atoms with van der Waals surface area (Å²) >= 11 is 0. The van der Waals surface area contributed by atoms with Gasteiger partial charge < -0.3 is 15.2 Å². The minimum Gasteiger partial charge on any atom is -0.357 e. The van der Waals surface area contributed by atoms with Crippen LogP contribution in [-0.2, 0) is 18.4 Å². The third-order valence-electron chi connectivity index (χ3n) is 4.72. The summed E-state index contributed by atoms with van der Waals surface area (Å²) in [7, 11) is 0. The van der Waals surface area contributed by atoms with Crippen molar-refractivity contribution in [1.29, 1.82) is 0 Å². The van der Waals surface area contributed by atoms with E-state index >= 15 is 0 Å². The summed E-state index contributed by atoms with van der Waals surface area (Å²) in [5, 5.41) is 14.4. The lowest BCUT2D eigenvalue weighted by Crippen LogP contribution is -2.39. The van der Waals surface area contributed by atoms with Gasteiger partial charge in [-0.1, -0.05) is 45.0 Å². The molecule has 28 heavy (non-hydrogen) atoms. The second-order valence-corrected chi connectivity index (χ2v) is 7.46. The summed E-state index contributed by atoms with van der Waals surface area (Å²) in [6, 6.07) is 8.92. The van der Waals surface area contributed by atoms with Gasteiger partial charge in [0.15, 0.2) is 5.96 Å². The Balaban J connectivity index is 0.00000392. The van der Waals surface area contributed by atoms with Crippen LogP contribution in [0.25, 0.3) is 0 Å². The molecule has 0 amide bonds. The molecule has 0 spiro atoms. The van der Waals surface area contributed by atoms with Gasteiger partial charge in [-0.15, -0.1) is 34.2 Å². The number of hydrogen-bond donors (Lipinski definition) is 2. The van der Waals surface area contributed by atoms with Crippen LogP contribution in [0.15, 0.2) is 41.9 Å². The van der Waals surface area contributed by atoms with Crippen molar-refractivity contribution in [2.24, 2.45) is 4.99 Å². The number of aliphatic imine (C=N–C) groups is 1. The zero-order valence-electron chi connectivity index (χ0n) is 17.6. The van der Waals surface area contributed by atoms with E-state index in [-0.39, 0.29) is 29.4 Å². The summed E-state index contributed by atoms with van der Waals surface area (Å²) in [6.45, 7) is 12.2. The van der Waals surface area contributed by atoms with Gasteiger partial charge >= 0.3 is 0 Å². The Morgan fingerprint density at radius 3 is 2.32 bits per heavy atom. The van der Waals surface area contributed by atoms with Crippen molar-refractivity contribution in [1.82, 2.24) is 25.4 Å². The van der Waals surface area contributed by atoms with Crippen molar-refractivity contribution in [3.63, 3.8) is 0 Å². The number of aryl methyl sites for hydroxylation is 2. The molecule has 2 aromatic rings. The molecule has 6 nitrogen and oxygen atoms in total. The van der Waals surface area contributed by atoms with E-state index in [2.05, 4.69) is 72.8 Å². The van der Waals surface area contributed by atoms with E-state index in [0.717, 1.165) is 51.4 Å². The smallest absolute Gasteiger partial charge is 0.191 e. The predicted molar refractivity (Wildman–Crippen MR) is 127 cm³/mol. The number of nitrogens with zero attached hydrogens (tertiary/aromatic N) is 4. The molecule has 0 aliphatic heterocycles. The highest BCUT2D eigenvalue weighted by Crippen LogP contribution is 2.24. The van der Waals surface area contributed by atoms with Crippen molar-refractivity contribution < 1.29 is 0 Å². The second kappa shape index (κ2) is 12.7. The van der Waals surface area contributed by atoms with Crippen LogP contribution < -0.4 is 10.6 Å². The molecule has 0 fully saturated rings. The molecule has 156 valence electrons. The van der Waals surface area contributed by atoms with E-state index in [0.29, 0.717) is 0 Å². The molecule has 0 bridgehead atoms. The number of halogens is 1. The summed E-state index contributed by atoms with van der Waals surface area (Å²) < 4.78 is 2.01. The molecular weight excluding hydrogens is 463 g/mol. The molecule has 0 radical (unpaired) electrons. The summed E-state index contributed by atoms with van der Waals surface area (Å²) in [6.07, 6.45) is 6.75. The zero-order chi connectivity index (χ0) is 19.5. The molecule has 2 N–H and O–H groups in total. The third-order valence-corrected chi connectivity index (χ3v) is 4.72. The van der Waals surface area contributed by atoms with Crippen LogP contribution >= 0.6 is 24.0 Å².